The first-order valence-corrected chi connectivity index (χ1v) is 11.4. The van der Waals surface area contributed by atoms with Crippen molar-refractivity contribution < 1.29 is 9.59 Å². The number of hydrogen-bond donors (Lipinski definition) is 4. The summed E-state index contributed by atoms with van der Waals surface area (Å²) in [6.45, 7) is 2.86. The average molecular weight is 579 g/mol. The number of nitrogens with one attached hydrogen (secondary N) is 3. The maximum Gasteiger partial charge on any atom is 0.222 e. The average Bonchev–Trinajstić information content (AvgIpc) is 3.38. The Morgan fingerprint density at radius 1 is 0.935 bits per heavy atom. The Labute approximate surface area is 201 Å². The molecule has 2 aliphatic heterocycles. The Morgan fingerprint density at radius 2 is 1.42 bits per heavy atom. The second-order valence-electron chi connectivity index (χ2n) is 6.76. The summed E-state index contributed by atoms with van der Waals surface area (Å²) in [5.74, 6) is 1.59. The van der Waals surface area contributed by atoms with E-state index in [2.05, 4.69) is 67.7 Å². The number of amides is 2. The van der Waals surface area contributed by atoms with Gasteiger partial charge >= 0.3 is 0 Å². The Morgan fingerprint density at radius 3 is 1.81 bits per heavy atom. The summed E-state index contributed by atoms with van der Waals surface area (Å²) in [6.07, 6.45) is 7.77. The number of aromatic nitrogens is 4. The summed E-state index contributed by atoms with van der Waals surface area (Å²) in [5, 5.41) is 8.86. The van der Waals surface area contributed by atoms with E-state index in [1.54, 1.807) is 24.8 Å². The normalized spacial score (nSPS) is 19.4. The second kappa shape index (κ2) is 13.5. The fourth-order valence-electron chi connectivity index (χ4n) is 2.58. The molecule has 2 atom stereocenters. The predicted octanol–water partition coefficient (Wildman–Crippen LogP) is 1.76. The standard InChI is InChI=1S/C9H11BrN4O.C5H10N2O.C4H2BrClN2/c10-7-4-13-9(14-5-7)12-3-6-1-8(15)11-2-6;6-2-4-1-5(8)7-3-4;5-3-1-7-4(6)8-2-3/h4-6H,1-3H2,(H,11,15)(H,12,13,14);4H,1-3,6H2,(H,7,8);1-2H. The van der Waals surface area contributed by atoms with E-state index < -0.39 is 0 Å². The molecule has 2 aromatic rings. The largest absolute Gasteiger partial charge is 0.356 e. The fraction of sp³-hybridized carbons (Fsp3) is 0.444. The zero-order chi connectivity index (χ0) is 22.6. The van der Waals surface area contributed by atoms with Crippen LogP contribution >= 0.6 is 43.5 Å². The Hall–Kier alpha value is -1.89. The number of halogens is 3. The van der Waals surface area contributed by atoms with Crippen molar-refractivity contribution in [1.82, 2.24) is 30.6 Å². The van der Waals surface area contributed by atoms with Crippen LogP contribution in [0.25, 0.3) is 0 Å². The molecule has 2 unspecified atom stereocenters. The van der Waals surface area contributed by atoms with Crippen molar-refractivity contribution in [3.05, 3.63) is 39.0 Å². The van der Waals surface area contributed by atoms with Crippen LogP contribution in [0.5, 0.6) is 0 Å². The monoisotopic (exact) mass is 576 g/mol. The van der Waals surface area contributed by atoms with Crippen LogP contribution in [0.4, 0.5) is 5.95 Å². The van der Waals surface area contributed by atoms with Crippen molar-refractivity contribution in [1.29, 1.82) is 0 Å². The zero-order valence-electron chi connectivity index (χ0n) is 16.5. The highest BCUT2D eigenvalue weighted by Crippen LogP contribution is 2.11. The minimum absolute atomic E-state index is 0.124. The number of nitrogens with two attached hydrogens (primary N) is 1. The van der Waals surface area contributed by atoms with E-state index in [-0.39, 0.29) is 17.1 Å². The molecule has 2 amide bonds. The first-order chi connectivity index (χ1) is 14.9. The van der Waals surface area contributed by atoms with Crippen molar-refractivity contribution in [2.45, 2.75) is 12.8 Å². The van der Waals surface area contributed by atoms with Gasteiger partial charge in [0, 0.05) is 63.2 Å². The molecular formula is C18H23Br2ClN8O2. The Balaban J connectivity index is 0.000000181. The summed E-state index contributed by atoms with van der Waals surface area (Å²) < 4.78 is 1.69. The van der Waals surface area contributed by atoms with Gasteiger partial charge in [-0.15, -0.1) is 0 Å². The number of rotatable bonds is 4. The smallest absolute Gasteiger partial charge is 0.222 e. The number of hydrogen-bond acceptors (Lipinski definition) is 8. The molecule has 5 N–H and O–H groups in total. The van der Waals surface area contributed by atoms with E-state index in [1.807, 2.05) is 0 Å². The molecule has 0 aromatic carbocycles. The molecule has 4 heterocycles. The van der Waals surface area contributed by atoms with Gasteiger partial charge in [0.25, 0.3) is 0 Å². The maximum absolute atomic E-state index is 10.9. The fourth-order valence-corrected chi connectivity index (χ4v) is 3.08. The van der Waals surface area contributed by atoms with Crippen LogP contribution in [0.3, 0.4) is 0 Å². The second-order valence-corrected chi connectivity index (χ2v) is 8.93. The quantitative estimate of drug-likeness (QED) is 0.402. The van der Waals surface area contributed by atoms with Gasteiger partial charge in [-0.2, -0.15) is 0 Å². The van der Waals surface area contributed by atoms with Crippen LogP contribution in [0.15, 0.2) is 33.7 Å². The molecule has 0 saturated carbocycles. The van der Waals surface area contributed by atoms with E-state index in [4.69, 9.17) is 17.3 Å². The van der Waals surface area contributed by atoms with Crippen molar-refractivity contribution in [3.8, 4) is 0 Å². The lowest BCUT2D eigenvalue weighted by atomic mass is 10.1. The van der Waals surface area contributed by atoms with Crippen LogP contribution < -0.4 is 21.7 Å². The molecule has 31 heavy (non-hydrogen) atoms. The molecule has 0 radical (unpaired) electrons. The third-order valence-electron chi connectivity index (χ3n) is 4.22. The van der Waals surface area contributed by atoms with Gasteiger partial charge in [0.1, 0.15) is 0 Å². The minimum Gasteiger partial charge on any atom is -0.356 e. The minimum atomic E-state index is 0.124. The van der Waals surface area contributed by atoms with Crippen LogP contribution in [-0.4, -0.2) is 57.9 Å². The molecule has 2 aliphatic rings. The van der Waals surface area contributed by atoms with Crippen molar-refractivity contribution in [2.24, 2.45) is 17.6 Å². The third kappa shape index (κ3) is 10.3. The number of anilines is 1. The van der Waals surface area contributed by atoms with Gasteiger partial charge in [-0.1, -0.05) is 0 Å². The van der Waals surface area contributed by atoms with Gasteiger partial charge in [-0.25, -0.2) is 19.9 Å². The van der Waals surface area contributed by atoms with E-state index in [0.29, 0.717) is 37.2 Å². The first-order valence-electron chi connectivity index (χ1n) is 9.43. The SMILES string of the molecule is Clc1ncc(Br)cn1.NCC1CNC(=O)C1.O=C1CC(CNc2ncc(Br)cn2)CN1. The Bertz CT molecular complexity index is 820. The van der Waals surface area contributed by atoms with E-state index >= 15 is 0 Å². The van der Waals surface area contributed by atoms with Crippen molar-refractivity contribution >= 4 is 61.2 Å². The maximum atomic E-state index is 10.9. The highest BCUT2D eigenvalue weighted by atomic mass is 79.9. The highest BCUT2D eigenvalue weighted by Gasteiger charge is 2.21. The molecule has 4 rings (SSSR count). The summed E-state index contributed by atoms with van der Waals surface area (Å²) in [5.41, 5.74) is 5.30. The zero-order valence-corrected chi connectivity index (χ0v) is 20.5. The number of nitrogens with zero attached hydrogens (tertiary/aromatic N) is 4. The lowest BCUT2D eigenvalue weighted by Crippen LogP contribution is -2.18. The summed E-state index contributed by atoms with van der Waals surface area (Å²) in [4.78, 5) is 36.9. The molecule has 0 spiro atoms. The predicted molar refractivity (Wildman–Crippen MR) is 124 cm³/mol. The molecule has 2 saturated heterocycles. The molecule has 168 valence electrons. The van der Waals surface area contributed by atoms with Gasteiger partial charge in [-0.3, -0.25) is 9.59 Å². The van der Waals surface area contributed by atoms with Crippen molar-refractivity contribution in [2.75, 3.05) is 31.5 Å². The van der Waals surface area contributed by atoms with Crippen LogP contribution in [-0.2, 0) is 9.59 Å². The molecule has 2 fully saturated rings. The van der Waals surface area contributed by atoms with E-state index in [0.717, 1.165) is 28.6 Å². The Kier molecular flexibility index (Phi) is 11.1. The highest BCUT2D eigenvalue weighted by molar-refractivity contribution is 9.10. The number of carbonyl (C=O) groups excluding carboxylic acids is 2. The van der Waals surface area contributed by atoms with E-state index in [9.17, 15) is 9.59 Å². The lowest BCUT2D eigenvalue weighted by molar-refractivity contribution is -0.120. The van der Waals surface area contributed by atoms with Gasteiger partial charge in [0.2, 0.25) is 23.0 Å². The lowest BCUT2D eigenvalue weighted by Gasteiger charge is -2.08. The van der Waals surface area contributed by atoms with Gasteiger partial charge < -0.3 is 21.7 Å². The number of carbonyl (C=O) groups is 2. The summed E-state index contributed by atoms with van der Waals surface area (Å²) in [6, 6.07) is 0. The van der Waals surface area contributed by atoms with E-state index in [1.165, 1.54) is 0 Å². The molecule has 0 aliphatic carbocycles. The summed E-state index contributed by atoms with van der Waals surface area (Å²) >= 11 is 11.8. The molecule has 0 bridgehead atoms. The molecule has 10 nitrogen and oxygen atoms in total. The molecular weight excluding hydrogens is 556 g/mol. The topological polar surface area (TPSA) is 148 Å². The summed E-state index contributed by atoms with van der Waals surface area (Å²) in [7, 11) is 0. The van der Waals surface area contributed by atoms with Gasteiger partial charge in [0.05, 0.1) is 8.95 Å². The van der Waals surface area contributed by atoms with Crippen LogP contribution in [0.1, 0.15) is 12.8 Å². The van der Waals surface area contributed by atoms with Gasteiger partial charge in [-0.05, 0) is 55.9 Å². The van der Waals surface area contributed by atoms with Crippen LogP contribution in [0, 0.1) is 11.8 Å². The van der Waals surface area contributed by atoms with Gasteiger partial charge in [0.15, 0.2) is 0 Å². The molecule has 13 heteroatoms. The van der Waals surface area contributed by atoms with Crippen LogP contribution in [0.2, 0.25) is 5.28 Å². The van der Waals surface area contributed by atoms with Crippen molar-refractivity contribution in [3.63, 3.8) is 0 Å². The third-order valence-corrected chi connectivity index (χ3v) is 5.23. The first kappa shape index (κ1) is 25.4. The molecule has 2 aromatic heterocycles.